The van der Waals surface area contributed by atoms with E-state index in [0.29, 0.717) is 24.4 Å². The Hall–Kier alpha value is -1.84. The Morgan fingerprint density at radius 3 is 1.58 bits per heavy atom. The number of nitriles is 2. The molecule has 2 atom stereocenters. The maximum absolute atomic E-state index is 9.58. The first kappa shape index (κ1) is 20.5. The number of nitrogens with one attached hydrogen (secondary N) is 2. The van der Waals surface area contributed by atoms with E-state index in [1.54, 1.807) is 14.2 Å². The van der Waals surface area contributed by atoms with Crippen molar-refractivity contribution in [3.8, 4) is 12.1 Å². The van der Waals surface area contributed by atoms with Crippen LogP contribution >= 0.6 is 21.6 Å². The molecule has 0 saturated heterocycles. The van der Waals surface area contributed by atoms with Crippen LogP contribution in [0, 0.1) is 22.7 Å². The highest BCUT2D eigenvalue weighted by Crippen LogP contribution is 2.39. The lowest BCUT2D eigenvalue weighted by atomic mass is 10.1. The number of methoxy groups -OCH3 is 2. The van der Waals surface area contributed by atoms with Gasteiger partial charge in [-0.1, -0.05) is 21.6 Å². The van der Waals surface area contributed by atoms with Crippen LogP contribution in [0.2, 0.25) is 0 Å². The minimum absolute atomic E-state index is 0.195. The van der Waals surface area contributed by atoms with Crippen molar-refractivity contribution in [2.75, 3.05) is 27.4 Å². The van der Waals surface area contributed by atoms with Gasteiger partial charge in [0, 0.05) is 25.6 Å². The van der Waals surface area contributed by atoms with Gasteiger partial charge in [-0.15, -0.1) is 0 Å². The molecule has 8 heteroatoms. The van der Waals surface area contributed by atoms with Crippen LogP contribution in [-0.2, 0) is 9.47 Å². The molecule has 0 aliphatic carbocycles. The summed E-state index contributed by atoms with van der Waals surface area (Å²) in [6.45, 7) is 4.72. The van der Waals surface area contributed by atoms with Gasteiger partial charge in [-0.2, -0.15) is 10.5 Å². The van der Waals surface area contributed by atoms with E-state index in [-0.39, 0.29) is 10.7 Å². The second-order valence-electron chi connectivity index (χ2n) is 5.86. The predicted octanol–water partition coefficient (Wildman–Crippen LogP) is 2.97. The molecule has 0 fully saturated rings. The molecule has 0 saturated carbocycles. The van der Waals surface area contributed by atoms with Gasteiger partial charge in [-0.05, 0) is 37.1 Å². The highest BCUT2D eigenvalue weighted by Gasteiger charge is 2.28. The van der Waals surface area contributed by atoms with Gasteiger partial charge < -0.3 is 20.1 Å². The molecule has 0 unspecified atom stereocenters. The number of allylic oxidation sites excluding steroid dienone is 2. The van der Waals surface area contributed by atoms with Gasteiger partial charge >= 0.3 is 0 Å². The molecule has 138 valence electrons. The van der Waals surface area contributed by atoms with E-state index in [1.165, 1.54) is 21.6 Å². The Kier molecular flexibility index (Phi) is 7.67. The number of hydrogen-bond acceptors (Lipinski definition) is 8. The van der Waals surface area contributed by atoms with Crippen molar-refractivity contribution in [3.05, 3.63) is 45.8 Å². The Labute approximate surface area is 162 Å². The molecule has 0 aromatic rings. The van der Waals surface area contributed by atoms with Crippen LogP contribution in [0.5, 0.6) is 0 Å². The predicted molar refractivity (Wildman–Crippen MR) is 106 cm³/mol. The molecule has 0 radical (unpaired) electrons. The molecule has 0 amide bonds. The lowest BCUT2D eigenvalue weighted by Gasteiger charge is -2.29. The van der Waals surface area contributed by atoms with Crippen LogP contribution in [-0.4, -0.2) is 38.2 Å². The van der Waals surface area contributed by atoms with E-state index in [1.807, 2.05) is 26.0 Å². The fourth-order valence-electron chi connectivity index (χ4n) is 2.72. The molecule has 0 aromatic carbocycles. The Morgan fingerprint density at radius 1 is 0.885 bits per heavy atom. The van der Waals surface area contributed by atoms with Crippen molar-refractivity contribution < 1.29 is 9.47 Å². The highest BCUT2D eigenvalue weighted by atomic mass is 33.1. The Balaban J connectivity index is 2.17. The maximum atomic E-state index is 9.58. The van der Waals surface area contributed by atoms with E-state index in [2.05, 4.69) is 22.8 Å². The van der Waals surface area contributed by atoms with E-state index in [0.717, 1.165) is 22.5 Å². The minimum Gasteiger partial charge on any atom is -0.380 e. The summed E-state index contributed by atoms with van der Waals surface area (Å²) in [7, 11) is 6.28. The number of dihydropyridines is 2. The van der Waals surface area contributed by atoms with Crippen molar-refractivity contribution in [1.29, 1.82) is 10.5 Å². The lowest BCUT2D eigenvalue weighted by Crippen LogP contribution is -2.33. The smallest absolute Gasteiger partial charge is 0.118 e. The summed E-state index contributed by atoms with van der Waals surface area (Å²) < 4.78 is 10.4. The van der Waals surface area contributed by atoms with Gasteiger partial charge in [0.2, 0.25) is 0 Å². The lowest BCUT2D eigenvalue weighted by molar-refractivity contribution is 0.227. The fraction of sp³-hybridized carbons (Fsp3) is 0.444. The molecular formula is C18H22N4O2S2. The Bertz CT molecular complexity index is 692. The van der Waals surface area contributed by atoms with Crippen LogP contribution in [0.3, 0.4) is 0 Å². The first-order valence-electron chi connectivity index (χ1n) is 8.00. The van der Waals surface area contributed by atoms with E-state index >= 15 is 0 Å². The van der Waals surface area contributed by atoms with Crippen LogP contribution in [0.1, 0.15) is 13.8 Å². The monoisotopic (exact) mass is 390 g/mol. The number of hydrogen-bond donors (Lipinski definition) is 2. The third kappa shape index (κ3) is 4.87. The summed E-state index contributed by atoms with van der Waals surface area (Å²) in [6, 6.07) is 4.58. The highest BCUT2D eigenvalue weighted by molar-refractivity contribution is 8.77. The quantitative estimate of drug-likeness (QED) is 0.641. The van der Waals surface area contributed by atoms with Crippen molar-refractivity contribution in [3.63, 3.8) is 0 Å². The number of nitrogens with zero attached hydrogens (tertiary/aromatic N) is 2. The maximum Gasteiger partial charge on any atom is 0.118 e. The van der Waals surface area contributed by atoms with Crippen molar-refractivity contribution in [1.82, 2.24) is 10.6 Å². The average Bonchev–Trinajstić information content (AvgIpc) is 2.60. The molecule has 2 heterocycles. The minimum atomic E-state index is -0.195. The normalized spacial score (nSPS) is 22.7. The van der Waals surface area contributed by atoms with Crippen LogP contribution in [0.15, 0.2) is 45.8 Å². The van der Waals surface area contributed by atoms with Gasteiger partial charge in [0.1, 0.15) is 10.7 Å². The summed E-state index contributed by atoms with van der Waals surface area (Å²) in [6.07, 6.45) is 3.87. The van der Waals surface area contributed by atoms with Crippen molar-refractivity contribution >= 4 is 21.6 Å². The molecule has 2 aliphatic rings. The molecular weight excluding hydrogens is 368 g/mol. The summed E-state index contributed by atoms with van der Waals surface area (Å²) >= 11 is 0. The molecule has 0 aromatic heterocycles. The number of ether oxygens (including phenoxy) is 2. The second kappa shape index (κ2) is 9.75. The summed E-state index contributed by atoms with van der Waals surface area (Å²) in [5, 5.41) is 25.4. The van der Waals surface area contributed by atoms with Gasteiger partial charge in [-0.3, -0.25) is 0 Å². The molecule has 2 N–H and O–H groups in total. The average molecular weight is 391 g/mol. The van der Waals surface area contributed by atoms with Crippen LogP contribution in [0.25, 0.3) is 0 Å². The van der Waals surface area contributed by atoms with Gasteiger partial charge in [-0.25, -0.2) is 0 Å². The summed E-state index contributed by atoms with van der Waals surface area (Å²) in [5.74, 6) is 0. The fourth-order valence-corrected chi connectivity index (χ4v) is 5.55. The molecule has 6 nitrogen and oxygen atoms in total. The zero-order valence-corrected chi connectivity index (χ0v) is 16.9. The summed E-state index contributed by atoms with van der Waals surface area (Å²) in [5.41, 5.74) is 5.03. The molecule has 2 rings (SSSR count). The van der Waals surface area contributed by atoms with Crippen LogP contribution in [0.4, 0.5) is 0 Å². The van der Waals surface area contributed by atoms with Crippen molar-refractivity contribution in [2.45, 2.75) is 24.6 Å². The SMILES string of the molecule is COCC1=C(C#N)[C@@H](SS[C@H]2NC(C)=CC(COC)=C2C#N)NC(C)=C1. The van der Waals surface area contributed by atoms with E-state index in [9.17, 15) is 10.5 Å². The Morgan fingerprint density at radius 2 is 1.27 bits per heavy atom. The van der Waals surface area contributed by atoms with Crippen LogP contribution < -0.4 is 10.6 Å². The second-order valence-corrected chi connectivity index (χ2v) is 8.35. The molecule has 0 bridgehead atoms. The van der Waals surface area contributed by atoms with E-state index < -0.39 is 0 Å². The molecule has 26 heavy (non-hydrogen) atoms. The zero-order valence-electron chi connectivity index (χ0n) is 15.3. The topological polar surface area (TPSA) is 90.1 Å². The van der Waals surface area contributed by atoms with E-state index in [4.69, 9.17) is 9.47 Å². The first-order chi connectivity index (χ1) is 12.5. The third-order valence-corrected chi connectivity index (χ3v) is 6.50. The first-order valence-corrected chi connectivity index (χ1v) is 10.3. The van der Waals surface area contributed by atoms with Gasteiger partial charge in [0.25, 0.3) is 0 Å². The third-order valence-electron chi connectivity index (χ3n) is 3.80. The standard InChI is InChI=1S/C18H22N4O2S2/c1-11-5-13(9-23-3)15(7-19)17(21-11)25-26-18-16(8-20)14(10-24-4)6-12(2)22-18/h5-6,17-18,21-22H,9-10H2,1-4H3/t17-,18-/m1/s1. The van der Waals surface area contributed by atoms with Crippen molar-refractivity contribution in [2.24, 2.45) is 0 Å². The molecule has 2 aliphatic heterocycles. The largest absolute Gasteiger partial charge is 0.380 e. The van der Waals surface area contributed by atoms with Gasteiger partial charge in [0.05, 0.1) is 36.5 Å². The molecule has 0 spiro atoms. The number of rotatable bonds is 7. The summed E-state index contributed by atoms with van der Waals surface area (Å²) in [4.78, 5) is 0. The van der Waals surface area contributed by atoms with Gasteiger partial charge in [0.15, 0.2) is 0 Å². The zero-order chi connectivity index (χ0) is 19.1.